The summed E-state index contributed by atoms with van der Waals surface area (Å²) in [5, 5.41) is 11.5. The van der Waals surface area contributed by atoms with Gasteiger partial charge in [-0.2, -0.15) is 0 Å². The third kappa shape index (κ3) is 8.08. The maximum absolute atomic E-state index is 13.4. The van der Waals surface area contributed by atoms with E-state index >= 15 is 0 Å². The molecule has 0 radical (unpaired) electrons. The highest BCUT2D eigenvalue weighted by Gasteiger charge is 2.49. The molecule has 0 spiro atoms. The van der Waals surface area contributed by atoms with Crippen LogP contribution in [0.4, 0.5) is 9.59 Å². The lowest BCUT2D eigenvalue weighted by Crippen LogP contribution is -2.65. The number of carboxylic acid groups (broad SMARTS) is 1. The number of hydrogen-bond donors (Lipinski definition) is 1. The molecule has 2 aromatic rings. The Labute approximate surface area is 270 Å². The standard InChI is InChI=1S/C30H37Cl2N3O8S/c1-16-10-19(31)24(20(32)11-16)40-8-9-41-26-33-13-22(44-26)18-12-17-14-34(27(38)42-29(2,3)4)15-21(23(18)25(36)37)35(17)28(39)43-30(5,6)7/h10-11,13,17,21H,8-9,12,14-15H2,1-7H3,(H,36,37)/t17?,21-/m1/s1. The molecule has 0 saturated carbocycles. The van der Waals surface area contributed by atoms with E-state index < -0.39 is 41.4 Å². The molecule has 1 saturated heterocycles. The van der Waals surface area contributed by atoms with Gasteiger partial charge in [-0.05, 0) is 78.2 Å². The molecule has 1 fully saturated rings. The van der Waals surface area contributed by atoms with Crippen molar-refractivity contribution < 1.29 is 38.4 Å². The van der Waals surface area contributed by atoms with Crippen molar-refractivity contribution >= 4 is 58.3 Å². The number of carboxylic acids is 1. The van der Waals surface area contributed by atoms with E-state index in [1.807, 2.05) is 6.92 Å². The summed E-state index contributed by atoms with van der Waals surface area (Å²) < 4.78 is 22.7. The van der Waals surface area contributed by atoms with Crippen LogP contribution in [0.5, 0.6) is 10.9 Å². The minimum absolute atomic E-state index is 0.0115. The highest BCUT2D eigenvalue weighted by molar-refractivity contribution is 7.14. The minimum atomic E-state index is -1.21. The third-order valence-electron chi connectivity index (χ3n) is 6.62. The number of amides is 2. The first-order valence-corrected chi connectivity index (χ1v) is 15.6. The molecule has 44 heavy (non-hydrogen) atoms. The Hall–Kier alpha value is -3.22. The average Bonchev–Trinajstić information content (AvgIpc) is 3.33. The molecule has 240 valence electrons. The minimum Gasteiger partial charge on any atom is -0.487 e. The number of benzene rings is 1. The summed E-state index contributed by atoms with van der Waals surface area (Å²) in [5.41, 5.74) is -0.116. The van der Waals surface area contributed by atoms with E-state index in [0.717, 1.165) is 5.56 Å². The summed E-state index contributed by atoms with van der Waals surface area (Å²) in [6.45, 7) is 12.7. The Morgan fingerprint density at radius 2 is 1.57 bits per heavy atom. The molecule has 1 unspecified atom stereocenters. The molecule has 2 aliphatic rings. The fourth-order valence-corrected chi connectivity index (χ4v) is 6.60. The van der Waals surface area contributed by atoms with E-state index in [2.05, 4.69) is 4.98 Å². The fourth-order valence-electron chi connectivity index (χ4n) is 5.04. The molecule has 1 aromatic heterocycles. The van der Waals surface area contributed by atoms with Gasteiger partial charge in [-0.15, -0.1) is 0 Å². The summed E-state index contributed by atoms with van der Waals surface area (Å²) in [6, 6.07) is 1.97. The average molecular weight is 671 g/mol. The number of aromatic nitrogens is 1. The van der Waals surface area contributed by atoms with E-state index in [0.29, 0.717) is 31.4 Å². The number of carbonyl (C=O) groups is 3. The van der Waals surface area contributed by atoms with Crippen LogP contribution >= 0.6 is 34.5 Å². The van der Waals surface area contributed by atoms with Crippen LogP contribution in [0.25, 0.3) is 5.57 Å². The molecule has 2 bridgehead atoms. The first kappa shape index (κ1) is 33.7. The van der Waals surface area contributed by atoms with Gasteiger partial charge in [0.1, 0.15) is 24.4 Å². The second-order valence-electron chi connectivity index (χ2n) is 12.6. The van der Waals surface area contributed by atoms with Crippen LogP contribution in [0.1, 0.15) is 58.4 Å². The van der Waals surface area contributed by atoms with Crippen LogP contribution in [0.3, 0.4) is 0 Å². The maximum atomic E-state index is 13.4. The molecule has 0 aliphatic carbocycles. The summed E-state index contributed by atoms with van der Waals surface area (Å²) in [7, 11) is 0. The predicted molar refractivity (Wildman–Crippen MR) is 167 cm³/mol. The smallest absolute Gasteiger partial charge is 0.411 e. The summed E-state index contributed by atoms with van der Waals surface area (Å²) in [6.07, 6.45) is 0.494. The Morgan fingerprint density at radius 1 is 0.977 bits per heavy atom. The number of ether oxygens (including phenoxy) is 4. The first-order valence-electron chi connectivity index (χ1n) is 14.1. The lowest BCUT2D eigenvalue weighted by Gasteiger charge is -2.50. The molecule has 11 nitrogen and oxygen atoms in total. The van der Waals surface area contributed by atoms with Gasteiger partial charge < -0.3 is 29.0 Å². The number of carbonyl (C=O) groups excluding carboxylic acids is 2. The van der Waals surface area contributed by atoms with Gasteiger partial charge in [-0.1, -0.05) is 34.5 Å². The maximum Gasteiger partial charge on any atom is 0.411 e. The Balaban J connectivity index is 1.56. The van der Waals surface area contributed by atoms with Gasteiger partial charge in [0, 0.05) is 19.3 Å². The summed E-state index contributed by atoms with van der Waals surface area (Å²) >= 11 is 13.7. The number of piperazine rings is 1. The largest absolute Gasteiger partial charge is 0.487 e. The Bertz CT molecular complexity index is 1440. The highest BCUT2D eigenvalue weighted by atomic mass is 35.5. The van der Waals surface area contributed by atoms with Crippen molar-refractivity contribution in [3.8, 4) is 10.9 Å². The van der Waals surface area contributed by atoms with Crippen LogP contribution in [0.15, 0.2) is 23.9 Å². The van der Waals surface area contributed by atoms with Gasteiger partial charge in [0.25, 0.3) is 5.19 Å². The van der Waals surface area contributed by atoms with E-state index in [1.165, 1.54) is 21.1 Å². The van der Waals surface area contributed by atoms with Crippen LogP contribution in [-0.4, -0.2) is 87.6 Å². The molecule has 4 rings (SSSR count). The molecule has 2 amide bonds. The topological polar surface area (TPSA) is 128 Å². The predicted octanol–water partition coefficient (Wildman–Crippen LogP) is 6.68. The molecule has 1 N–H and O–H groups in total. The molecule has 2 atom stereocenters. The van der Waals surface area contributed by atoms with Gasteiger partial charge in [0.15, 0.2) is 5.75 Å². The van der Waals surface area contributed by atoms with Gasteiger partial charge in [0.05, 0.1) is 32.6 Å². The number of hydrogen-bond acceptors (Lipinski definition) is 9. The second kappa shape index (κ2) is 13.0. The highest BCUT2D eigenvalue weighted by Crippen LogP contribution is 2.42. The van der Waals surface area contributed by atoms with Gasteiger partial charge in [0.2, 0.25) is 0 Å². The van der Waals surface area contributed by atoms with Crippen molar-refractivity contribution in [2.75, 3.05) is 26.3 Å². The van der Waals surface area contributed by atoms with Gasteiger partial charge in [-0.3, -0.25) is 4.90 Å². The van der Waals surface area contributed by atoms with Crippen molar-refractivity contribution in [1.29, 1.82) is 0 Å². The van der Waals surface area contributed by atoms with E-state index in [-0.39, 0.29) is 38.3 Å². The quantitative estimate of drug-likeness (QED) is 0.321. The Morgan fingerprint density at radius 3 is 2.16 bits per heavy atom. The summed E-state index contributed by atoms with van der Waals surface area (Å²) in [5.74, 6) is -0.846. The normalized spacial score (nSPS) is 18.7. The van der Waals surface area contributed by atoms with Crippen LogP contribution < -0.4 is 9.47 Å². The lowest BCUT2D eigenvalue weighted by atomic mass is 9.84. The number of aryl methyl sites for hydroxylation is 1. The lowest BCUT2D eigenvalue weighted by molar-refractivity contribution is -0.134. The zero-order valence-corrected chi connectivity index (χ0v) is 28.1. The zero-order valence-electron chi connectivity index (χ0n) is 25.7. The molecular formula is C30H37Cl2N3O8S. The van der Waals surface area contributed by atoms with Crippen LogP contribution in [0, 0.1) is 6.92 Å². The van der Waals surface area contributed by atoms with Crippen molar-refractivity contribution in [3.63, 3.8) is 0 Å². The molecule has 3 heterocycles. The van der Waals surface area contributed by atoms with Crippen LogP contribution in [0.2, 0.25) is 10.0 Å². The molecule has 1 aromatic carbocycles. The number of halogens is 2. The first-order chi connectivity index (χ1) is 20.4. The van der Waals surface area contributed by atoms with Crippen LogP contribution in [-0.2, 0) is 14.3 Å². The zero-order chi connectivity index (χ0) is 32.6. The summed E-state index contributed by atoms with van der Waals surface area (Å²) in [4.78, 5) is 46.9. The SMILES string of the molecule is Cc1cc(Cl)c(OCCOc2ncc(C3=C(C(=O)O)[C@H]4CN(C(=O)OC(C)(C)C)CC(C3)N4C(=O)OC(C)(C)C)s2)c(Cl)c1. The Kier molecular flexibility index (Phi) is 9.96. The number of fused-ring (bicyclic) bond motifs is 2. The van der Waals surface area contributed by atoms with Crippen molar-refractivity contribution in [3.05, 3.63) is 44.4 Å². The van der Waals surface area contributed by atoms with Crippen molar-refractivity contribution in [1.82, 2.24) is 14.8 Å². The number of aliphatic carboxylic acids is 1. The fraction of sp³-hybridized carbons (Fsp3) is 0.533. The second-order valence-corrected chi connectivity index (χ2v) is 14.4. The number of rotatable bonds is 7. The van der Waals surface area contributed by atoms with Gasteiger partial charge >= 0.3 is 18.2 Å². The van der Waals surface area contributed by atoms with E-state index in [4.69, 9.17) is 42.1 Å². The molecule has 2 aliphatic heterocycles. The van der Waals surface area contributed by atoms with E-state index in [9.17, 15) is 19.5 Å². The van der Waals surface area contributed by atoms with Gasteiger partial charge in [-0.25, -0.2) is 19.4 Å². The van der Waals surface area contributed by atoms with E-state index in [1.54, 1.807) is 59.9 Å². The molecule has 14 heteroatoms. The molecular weight excluding hydrogens is 633 g/mol. The van der Waals surface area contributed by atoms with Crippen molar-refractivity contribution in [2.45, 2.75) is 78.2 Å². The number of nitrogens with zero attached hydrogens (tertiary/aromatic N) is 3. The number of thiazole rings is 1. The third-order valence-corrected chi connectivity index (χ3v) is 8.15. The van der Waals surface area contributed by atoms with Crippen molar-refractivity contribution in [2.24, 2.45) is 0 Å². The monoisotopic (exact) mass is 669 g/mol.